The quantitative estimate of drug-likeness (QED) is 0.214. The highest BCUT2D eigenvalue weighted by Crippen LogP contribution is 2.36. The Morgan fingerprint density at radius 1 is 0.744 bits per heavy atom. The summed E-state index contributed by atoms with van der Waals surface area (Å²) in [5.74, 6) is -2.04. The molecule has 12 heteroatoms. The van der Waals surface area contributed by atoms with E-state index < -0.39 is 48.0 Å². The van der Waals surface area contributed by atoms with E-state index >= 15 is 0 Å². The number of esters is 3. The SMILES string of the molecule is O=C(OC[C@@H]1O[C@@H](n2cnc3c(=O)[nH]cnc32)[C@@H](OC(=O)c2ccccc2)[C@H]1OC(=O)c1ccccc1)c1ccccc1. The molecule has 1 aliphatic rings. The van der Waals surface area contributed by atoms with Crippen LogP contribution >= 0.6 is 0 Å². The van der Waals surface area contributed by atoms with Crippen molar-refractivity contribution in [1.29, 1.82) is 0 Å². The minimum Gasteiger partial charge on any atom is -0.459 e. The number of benzene rings is 3. The number of fused-ring (bicyclic) bond motifs is 1. The monoisotopic (exact) mass is 580 g/mol. The van der Waals surface area contributed by atoms with E-state index in [4.69, 9.17) is 18.9 Å². The first-order chi connectivity index (χ1) is 21.0. The lowest BCUT2D eigenvalue weighted by Crippen LogP contribution is -2.41. The van der Waals surface area contributed by atoms with Crippen LogP contribution in [0, 0.1) is 0 Å². The molecule has 216 valence electrons. The van der Waals surface area contributed by atoms with Crippen molar-refractivity contribution >= 4 is 29.1 Å². The predicted molar refractivity (Wildman–Crippen MR) is 150 cm³/mol. The average molecular weight is 581 g/mol. The van der Waals surface area contributed by atoms with Crippen LogP contribution in [0.4, 0.5) is 0 Å². The molecule has 43 heavy (non-hydrogen) atoms. The highest BCUT2D eigenvalue weighted by molar-refractivity contribution is 5.91. The molecule has 1 aliphatic heterocycles. The van der Waals surface area contributed by atoms with Crippen molar-refractivity contribution in [2.75, 3.05) is 6.61 Å². The number of rotatable bonds is 8. The van der Waals surface area contributed by atoms with Gasteiger partial charge in [-0.05, 0) is 36.4 Å². The number of hydrogen-bond acceptors (Lipinski definition) is 10. The van der Waals surface area contributed by atoms with Crippen molar-refractivity contribution in [3.63, 3.8) is 0 Å². The van der Waals surface area contributed by atoms with Crippen LogP contribution in [0.15, 0.2) is 108 Å². The second-order valence-corrected chi connectivity index (χ2v) is 9.56. The van der Waals surface area contributed by atoms with Gasteiger partial charge in [0.2, 0.25) is 0 Å². The molecule has 2 aromatic heterocycles. The summed E-state index contributed by atoms with van der Waals surface area (Å²) in [5, 5.41) is 0. The van der Waals surface area contributed by atoms with Crippen LogP contribution in [-0.2, 0) is 18.9 Å². The first kappa shape index (κ1) is 27.5. The Kier molecular flexibility index (Phi) is 7.74. The van der Waals surface area contributed by atoms with E-state index in [-0.39, 0.29) is 28.9 Å². The Morgan fingerprint density at radius 3 is 1.86 bits per heavy atom. The molecule has 0 aliphatic carbocycles. The van der Waals surface area contributed by atoms with Crippen LogP contribution in [0.2, 0.25) is 0 Å². The third kappa shape index (κ3) is 5.76. The minimum absolute atomic E-state index is 0.0241. The zero-order valence-corrected chi connectivity index (χ0v) is 22.4. The van der Waals surface area contributed by atoms with Crippen molar-refractivity contribution in [3.05, 3.63) is 131 Å². The molecule has 0 saturated carbocycles. The number of hydrogen-bond donors (Lipinski definition) is 1. The molecule has 0 radical (unpaired) electrons. The van der Waals surface area contributed by atoms with Crippen molar-refractivity contribution in [1.82, 2.24) is 19.5 Å². The van der Waals surface area contributed by atoms with Gasteiger partial charge in [0.15, 0.2) is 29.6 Å². The van der Waals surface area contributed by atoms with Gasteiger partial charge in [0.05, 0.1) is 29.3 Å². The molecular weight excluding hydrogens is 556 g/mol. The zero-order chi connectivity index (χ0) is 29.8. The standard InChI is InChI=1S/C31H24N4O8/c36-27-23-26(32-17-33-27)35(18-34-23)28-25(43-31(39)21-14-8-3-9-15-21)24(42-30(38)20-12-6-2-7-13-20)22(41-28)16-40-29(37)19-10-4-1-5-11-19/h1-15,17-18,22,24-25,28H,16H2,(H,32,33,36)/t22-,24-,25-,28+/m0/s1. The van der Waals surface area contributed by atoms with Crippen LogP contribution in [0.3, 0.4) is 0 Å². The fourth-order valence-corrected chi connectivity index (χ4v) is 4.73. The van der Waals surface area contributed by atoms with Gasteiger partial charge < -0.3 is 23.9 Å². The molecule has 0 amide bonds. The summed E-state index contributed by atoms with van der Waals surface area (Å²) in [5.41, 5.74) is 0.491. The first-order valence-corrected chi connectivity index (χ1v) is 13.3. The maximum absolute atomic E-state index is 13.3. The fourth-order valence-electron chi connectivity index (χ4n) is 4.73. The van der Waals surface area contributed by atoms with E-state index in [1.54, 1.807) is 91.0 Å². The Labute approximate surface area is 243 Å². The highest BCUT2D eigenvalue weighted by Gasteiger charge is 2.51. The Bertz CT molecular complexity index is 1810. The predicted octanol–water partition coefficient (Wildman–Crippen LogP) is 3.33. The minimum atomic E-state index is -1.26. The molecule has 5 aromatic rings. The normalized spacial score (nSPS) is 19.5. The molecule has 3 heterocycles. The van der Waals surface area contributed by atoms with Gasteiger partial charge in [-0.1, -0.05) is 54.6 Å². The lowest BCUT2D eigenvalue weighted by Gasteiger charge is -2.25. The third-order valence-corrected chi connectivity index (χ3v) is 6.82. The Balaban J connectivity index is 1.37. The highest BCUT2D eigenvalue weighted by atomic mass is 16.7. The Morgan fingerprint density at radius 2 is 1.28 bits per heavy atom. The maximum atomic E-state index is 13.3. The number of aromatic amines is 1. The van der Waals surface area contributed by atoms with Crippen molar-refractivity contribution in [2.24, 2.45) is 0 Å². The fraction of sp³-hybridized carbons (Fsp3) is 0.161. The van der Waals surface area contributed by atoms with Crippen LogP contribution in [-0.4, -0.2) is 62.3 Å². The smallest absolute Gasteiger partial charge is 0.338 e. The van der Waals surface area contributed by atoms with Gasteiger partial charge in [0, 0.05) is 0 Å². The van der Waals surface area contributed by atoms with E-state index in [1.165, 1.54) is 17.2 Å². The number of H-pyrrole nitrogens is 1. The molecule has 0 unspecified atom stereocenters. The lowest BCUT2D eigenvalue weighted by molar-refractivity contribution is -0.0606. The largest absolute Gasteiger partial charge is 0.459 e. The molecule has 3 aromatic carbocycles. The molecule has 6 rings (SSSR count). The number of nitrogens with zero attached hydrogens (tertiary/aromatic N) is 3. The third-order valence-electron chi connectivity index (χ3n) is 6.82. The summed E-state index contributed by atoms with van der Waals surface area (Å²) < 4.78 is 25.1. The van der Waals surface area contributed by atoms with Gasteiger partial charge in [0.1, 0.15) is 12.7 Å². The van der Waals surface area contributed by atoms with Gasteiger partial charge in [0.25, 0.3) is 5.56 Å². The van der Waals surface area contributed by atoms with Gasteiger partial charge in [-0.3, -0.25) is 9.36 Å². The van der Waals surface area contributed by atoms with Gasteiger partial charge in [-0.25, -0.2) is 24.4 Å². The van der Waals surface area contributed by atoms with Gasteiger partial charge >= 0.3 is 17.9 Å². The van der Waals surface area contributed by atoms with Crippen molar-refractivity contribution < 1.29 is 33.3 Å². The van der Waals surface area contributed by atoms with E-state index in [1.807, 2.05) is 0 Å². The number of carbonyl (C=O) groups excluding carboxylic acids is 3. The molecule has 12 nitrogen and oxygen atoms in total. The number of aromatic nitrogens is 4. The van der Waals surface area contributed by atoms with E-state index in [0.29, 0.717) is 5.56 Å². The summed E-state index contributed by atoms with van der Waals surface area (Å²) in [6.45, 7) is -0.350. The first-order valence-electron chi connectivity index (χ1n) is 13.3. The van der Waals surface area contributed by atoms with Gasteiger partial charge in [-0.15, -0.1) is 0 Å². The van der Waals surface area contributed by atoms with Crippen molar-refractivity contribution in [3.8, 4) is 0 Å². The van der Waals surface area contributed by atoms with Gasteiger partial charge in [-0.2, -0.15) is 0 Å². The maximum Gasteiger partial charge on any atom is 0.338 e. The van der Waals surface area contributed by atoms with Crippen LogP contribution < -0.4 is 5.56 Å². The summed E-state index contributed by atoms with van der Waals surface area (Å²) >= 11 is 0. The summed E-state index contributed by atoms with van der Waals surface area (Å²) in [4.78, 5) is 62.5. The number of carbonyl (C=O) groups is 3. The van der Waals surface area contributed by atoms with Crippen LogP contribution in [0.1, 0.15) is 37.3 Å². The summed E-state index contributed by atoms with van der Waals surface area (Å²) in [6, 6.07) is 24.9. The topological polar surface area (TPSA) is 152 Å². The molecule has 0 bridgehead atoms. The van der Waals surface area contributed by atoms with E-state index in [2.05, 4.69) is 15.0 Å². The molecule has 4 atom stereocenters. The molecule has 1 saturated heterocycles. The average Bonchev–Trinajstić information content (AvgIpc) is 3.63. The molecule has 1 N–H and O–H groups in total. The molecule has 1 fully saturated rings. The van der Waals surface area contributed by atoms with Crippen molar-refractivity contribution in [2.45, 2.75) is 24.5 Å². The van der Waals surface area contributed by atoms with Crippen LogP contribution in [0.25, 0.3) is 11.2 Å². The van der Waals surface area contributed by atoms with Crippen LogP contribution in [0.5, 0.6) is 0 Å². The van der Waals surface area contributed by atoms with E-state index in [9.17, 15) is 19.2 Å². The second-order valence-electron chi connectivity index (χ2n) is 9.56. The number of ether oxygens (including phenoxy) is 4. The summed E-state index contributed by atoms with van der Waals surface area (Å²) in [6.07, 6.45) is -2.24. The Hall–Kier alpha value is -5.62. The van der Waals surface area contributed by atoms with E-state index in [0.717, 1.165) is 0 Å². The second kappa shape index (κ2) is 12.1. The molecule has 0 spiro atoms. The zero-order valence-electron chi connectivity index (χ0n) is 22.4. The lowest BCUT2D eigenvalue weighted by atomic mass is 10.1. The molecular formula is C31H24N4O8. The number of nitrogens with one attached hydrogen (secondary N) is 1. The summed E-state index contributed by atoms with van der Waals surface area (Å²) in [7, 11) is 0. The number of imidazole rings is 1.